The van der Waals surface area contributed by atoms with Crippen molar-refractivity contribution in [3.8, 4) is 0 Å². The lowest BCUT2D eigenvalue weighted by Crippen LogP contribution is -1.99. The smallest absolute Gasteiger partial charge is 0.126 e. The van der Waals surface area contributed by atoms with E-state index >= 15 is 0 Å². The molecule has 1 N–H and O–H groups in total. The van der Waals surface area contributed by atoms with Gasteiger partial charge in [0.2, 0.25) is 0 Å². The monoisotopic (exact) mass is 215 g/mol. The lowest BCUT2D eigenvalue weighted by atomic mass is 10.1. The predicted octanol–water partition coefficient (Wildman–Crippen LogP) is 3.75. The Morgan fingerprint density at radius 1 is 1.06 bits per heavy atom. The molecule has 1 nitrogen and oxygen atoms in total. The second-order valence-electron chi connectivity index (χ2n) is 3.80. The Hall–Kier alpha value is -1.83. The molecule has 0 bridgehead atoms. The quantitative estimate of drug-likeness (QED) is 0.822. The van der Waals surface area contributed by atoms with Crippen LogP contribution in [0.4, 0.5) is 10.1 Å². The third-order valence-electron chi connectivity index (χ3n) is 2.51. The maximum atomic E-state index is 13.3. The van der Waals surface area contributed by atoms with E-state index in [1.807, 2.05) is 36.4 Å². The second-order valence-corrected chi connectivity index (χ2v) is 3.80. The van der Waals surface area contributed by atoms with Crippen molar-refractivity contribution in [1.29, 1.82) is 0 Å². The SMILES string of the molecule is Cc1ccc(CNc2ccccc2)cc1F. The van der Waals surface area contributed by atoms with E-state index in [1.54, 1.807) is 19.1 Å². The zero-order valence-corrected chi connectivity index (χ0v) is 9.20. The molecule has 0 fully saturated rings. The first kappa shape index (κ1) is 10.7. The van der Waals surface area contributed by atoms with Crippen molar-refractivity contribution in [2.24, 2.45) is 0 Å². The van der Waals surface area contributed by atoms with Crippen LogP contribution in [0.25, 0.3) is 0 Å². The lowest BCUT2D eigenvalue weighted by Gasteiger charge is -2.07. The van der Waals surface area contributed by atoms with E-state index in [0.29, 0.717) is 12.1 Å². The number of rotatable bonds is 3. The van der Waals surface area contributed by atoms with Crippen LogP contribution in [-0.2, 0) is 6.54 Å². The van der Waals surface area contributed by atoms with Gasteiger partial charge in [0.25, 0.3) is 0 Å². The van der Waals surface area contributed by atoms with Crippen molar-refractivity contribution in [1.82, 2.24) is 0 Å². The molecule has 0 unspecified atom stereocenters. The maximum Gasteiger partial charge on any atom is 0.126 e. The minimum atomic E-state index is -0.146. The van der Waals surface area contributed by atoms with E-state index in [2.05, 4.69) is 5.32 Å². The average Bonchev–Trinajstić information content (AvgIpc) is 2.32. The summed E-state index contributed by atoms with van der Waals surface area (Å²) in [5, 5.41) is 3.24. The zero-order chi connectivity index (χ0) is 11.4. The zero-order valence-electron chi connectivity index (χ0n) is 9.20. The molecular formula is C14H14FN. The largest absolute Gasteiger partial charge is 0.381 e. The standard InChI is InChI=1S/C14H14FN/c1-11-7-8-12(9-14(11)15)10-16-13-5-3-2-4-6-13/h2-9,16H,10H2,1H3. The summed E-state index contributed by atoms with van der Waals surface area (Å²) in [6.45, 7) is 2.41. The highest BCUT2D eigenvalue weighted by molar-refractivity contribution is 5.43. The molecule has 0 aliphatic carbocycles. The first-order valence-electron chi connectivity index (χ1n) is 5.29. The molecule has 82 valence electrons. The topological polar surface area (TPSA) is 12.0 Å². The molecule has 0 aliphatic rings. The van der Waals surface area contributed by atoms with Crippen LogP contribution in [0, 0.1) is 12.7 Å². The van der Waals surface area contributed by atoms with Gasteiger partial charge >= 0.3 is 0 Å². The fourth-order valence-electron chi connectivity index (χ4n) is 1.51. The van der Waals surface area contributed by atoms with Crippen molar-refractivity contribution < 1.29 is 4.39 Å². The van der Waals surface area contributed by atoms with Gasteiger partial charge < -0.3 is 5.32 Å². The van der Waals surface area contributed by atoms with Crippen LogP contribution < -0.4 is 5.32 Å². The first-order valence-corrected chi connectivity index (χ1v) is 5.29. The maximum absolute atomic E-state index is 13.3. The molecule has 0 amide bonds. The molecule has 0 radical (unpaired) electrons. The van der Waals surface area contributed by atoms with Crippen LogP contribution in [0.1, 0.15) is 11.1 Å². The van der Waals surface area contributed by atoms with E-state index in [0.717, 1.165) is 11.3 Å². The van der Waals surface area contributed by atoms with Crippen LogP contribution >= 0.6 is 0 Å². The van der Waals surface area contributed by atoms with Crippen LogP contribution in [-0.4, -0.2) is 0 Å². The highest BCUT2D eigenvalue weighted by atomic mass is 19.1. The Labute approximate surface area is 94.9 Å². The Kier molecular flexibility index (Phi) is 3.20. The van der Waals surface area contributed by atoms with E-state index in [4.69, 9.17) is 0 Å². The molecule has 0 aromatic heterocycles. The number of benzene rings is 2. The number of nitrogens with one attached hydrogen (secondary N) is 1. The molecule has 0 saturated heterocycles. The van der Waals surface area contributed by atoms with Crippen molar-refractivity contribution in [3.63, 3.8) is 0 Å². The summed E-state index contributed by atoms with van der Waals surface area (Å²) in [6.07, 6.45) is 0. The number of para-hydroxylation sites is 1. The Balaban J connectivity index is 2.03. The van der Waals surface area contributed by atoms with Crippen molar-refractivity contribution in [3.05, 3.63) is 65.5 Å². The third kappa shape index (κ3) is 2.60. The summed E-state index contributed by atoms with van der Waals surface area (Å²) in [6, 6.07) is 15.2. The number of hydrogen-bond donors (Lipinski definition) is 1. The fourth-order valence-corrected chi connectivity index (χ4v) is 1.51. The number of hydrogen-bond acceptors (Lipinski definition) is 1. The van der Waals surface area contributed by atoms with Crippen LogP contribution in [0.15, 0.2) is 48.5 Å². The molecule has 2 aromatic rings. The summed E-state index contributed by atoms with van der Waals surface area (Å²) in [5.74, 6) is -0.146. The highest BCUT2D eigenvalue weighted by Crippen LogP contribution is 2.12. The molecule has 0 heterocycles. The third-order valence-corrected chi connectivity index (χ3v) is 2.51. The number of aryl methyl sites for hydroxylation is 1. The van der Waals surface area contributed by atoms with Gasteiger partial charge in [-0.2, -0.15) is 0 Å². The molecular weight excluding hydrogens is 201 g/mol. The first-order chi connectivity index (χ1) is 7.75. The normalized spacial score (nSPS) is 10.1. The van der Waals surface area contributed by atoms with Gasteiger partial charge in [-0.1, -0.05) is 30.3 Å². The molecule has 0 saturated carbocycles. The summed E-state index contributed by atoms with van der Waals surface area (Å²) in [7, 11) is 0. The van der Waals surface area contributed by atoms with E-state index in [9.17, 15) is 4.39 Å². The molecule has 0 atom stereocenters. The fraction of sp³-hybridized carbons (Fsp3) is 0.143. The van der Waals surface area contributed by atoms with Crippen molar-refractivity contribution in [2.75, 3.05) is 5.32 Å². The predicted molar refractivity (Wildman–Crippen MR) is 64.9 cm³/mol. The van der Waals surface area contributed by atoms with Crippen molar-refractivity contribution in [2.45, 2.75) is 13.5 Å². The molecule has 2 aromatic carbocycles. The van der Waals surface area contributed by atoms with E-state index in [1.165, 1.54) is 0 Å². The molecule has 2 heteroatoms. The minimum Gasteiger partial charge on any atom is -0.381 e. The molecule has 2 rings (SSSR count). The van der Waals surface area contributed by atoms with Gasteiger partial charge in [-0.15, -0.1) is 0 Å². The van der Waals surface area contributed by atoms with Crippen LogP contribution in [0.3, 0.4) is 0 Å². The molecule has 0 aliphatic heterocycles. The minimum absolute atomic E-state index is 0.146. The Morgan fingerprint density at radius 2 is 1.81 bits per heavy atom. The summed E-state index contributed by atoms with van der Waals surface area (Å²) in [5.41, 5.74) is 2.68. The van der Waals surface area contributed by atoms with Gasteiger partial charge in [0, 0.05) is 12.2 Å². The van der Waals surface area contributed by atoms with Gasteiger partial charge in [0.1, 0.15) is 5.82 Å². The summed E-state index contributed by atoms with van der Waals surface area (Å²) < 4.78 is 13.3. The summed E-state index contributed by atoms with van der Waals surface area (Å²) >= 11 is 0. The van der Waals surface area contributed by atoms with Crippen LogP contribution in [0.5, 0.6) is 0 Å². The van der Waals surface area contributed by atoms with Gasteiger partial charge in [-0.05, 0) is 36.2 Å². The van der Waals surface area contributed by atoms with Gasteiger partial charge in [-0.3, -0.25) is 0 Å². The number of anilines is 1. The molecule has 0 spiro atoms. The lowest BCUT2D eigenvalue weighted by molar-refractivity contribution is 0.616. The van der Waals surface area contributed by atoms with Crippen molar-refractivity contribution >= 4 is 5.69 Å². The second kappa shape index (κ2) is 4.79. The Morgan fingerprint density at radius 3 is 2.50 bits per heavy atom. The van der Waals surface area contributed by atoms with Gasteiger partial charge in [0.05, 0.1) is 0 Å². The van der Waals surface area contributed by atoms with Crippen LogP contribution in [0.2, 0.25) is 0 Å². The van der Waals surface area contributed by atoms with Gasteiger partial charge in [0.15, 0.2) is 0 Å². The summed E-state index contributed by atoms with van der Waals surface area (Å²) in [4.78, 5) is 0. The van der Waals surface area contributed by atoms with Gasteiger partial charge in [-0.25, -0.2) is 4.39 Å². The van der Waals surface area contributed by atoms with E-state index in [-0.39, 0.29) is 5.82 Å². The Bertz CT molecular complexity index is 465. The van der Waals surface area contributed by atoms with E-state index < -0.39 is 0 Å². The average molecular weight is 215 g/mol. The number of halogens is 1. The highest BCUT2D eigenvalue weighted by Gasteiger charge is 1.99. The molecule has 16 heavy (non-hydrogen) atoms.